The topological polar surface area (TPSA) is 54.4 Å². The smallest absolute Gasteiger partial charge is 0.392 e. The first-order valence-electron chi connectivity index (χ1n) is 3.61. The number of halogens is 3. The first-order chi connectivity index (χ1) is 5.66. The molecule has 0 heterocycles. The summed E-state index contributed by atoms with van der Waals surface area (Å²) in [7, 11) is -4.23. The summed E-state index contributed by atoms with van der Waals surface area (Å²) < 4.78 is 56.4. The summed E-state index contributed by atoms with van der Waals surface area (Å²) >= 11 is 0. The van der Waals surface area contributed by atoms with Gasteiger partial charge in [-0.25, -0.2) is 8.42 Å². The number of sulfone groups is 1. The third-order valence-electron chi connectivity index (χ3n) is 1.30. The van der Waals surface area contributed by atoms with Crippen LogP contribution in [0.3, 0.4) is 0 Å². The molecule has 0 aliphatic carbocycles. The van der Waals surface area contributed by atoms with Gasteiger partial charge < -0.3 is 5.11 Å². The summed E-state index contributed by atoms with van der Waals surface area (Å²) in [6, 6.07) is 0. The summed E-state index contributed by atoms with van der Waals surface area (Å²) in [5.41, 5.74) is 0. The van der Waals surface area contributed by atoms with Crippen molar-refractivity contribution in [1.29, 1.82) is 0 Å². The number of alkyl halides is 3. The molecule has 13 heavy (non-hydrogen) atoms. The minimum Gasteiger partial charge on any atom is -0.392 e. The fraction of sp³-hybridized carbons (Fsp3) is 1.00. The molecule has 0 amide bonds. The molecule has 0 saturated carbocycles. The summed E-state index contributed by atoms with van der Waals surface area (Å²) in [5.74, 6) is -2.69. The van der Waals surface area contributed by atoms with E-state index in [0.29, 0.717) is 0 Å². The lowest BCUT2D eigenvalue weighted by atomic mass is 10.3. The lowest BCUT2D eigenvalue weighted by molar-refractivity contribution is -0.106. The number of aliphatic hydroxyl groups is 1. The van der Waals surface area contributed by atoms with E-state index in [1.807, 2.05) is 0 Å². The summed E-state index contributed by atoms with van der Waals surface area (Å²) in [4.78, 5) is 0. The highest BCUT2D eigenvalue weighted by Gasteiger charge is 2.35. The van der Waals surface area contributed by atoms with Crippen LogP contribution in [0.5, 0.6) is 0 Å². The van der Waals surface area contributed by atoms with Gasteiger partial charge in [0.25, 0.3) is 0 Å². The summed E-state index contributed by atoms with van der Waals surface area (Å²) in [6.45, 7) is 1.49. The highest BCUT2D eigenvalue weighted by Crippen LogP contribution is 2.18. The fourth-order valence-electron chi connectivity index (χ4n) is 0.719. The molecule has 0 rings (SSSR count). The maximum atomic E-state index is 11.6. The summed E-state index contributed by atoms with van der Waals surface area (Å²) in [6.07, 6.45) is -5.82. The molecule has 0 bridgehead atoms. The number of hydrogen-bond acceptors (Lipinski definition) is 3. The van der Waals surface area contributed by atoms with E-state index in [9.17, 15) is 21.6 Å². The predicted molar refractivity (Wildman–Crippen MR) is 41.0 cm³/mol. The monoisotopic (exact) mass is 220 g/mol. The van der Waals surface area contributed by atoms with E-state index < -0.39 is 33.6 Å². The van der Waals surface area contributed by atoms with E-state index in [-0.39, 0.29) is 6.42 Å². The van der Waals surface area contributed by atoms with Crippen LogP contribution in [-0.4, -0.2) is 37.3 Å². The molecular formula is C6H11F3O3S. The molecule has 0 aliphatic rings. The third kappa shape index (κ3) is 6.83. The van der Waals surface area contributed by atoms with Gasteiger partial charge in [-0.15, -0.1) is 0 Å². The SMILES string of the molecule is CCC(O)CS(=O)(=O)CC(F)(F)F. The van der Waals surface area contributed by atoms with E-state index in [4.69, 9.17) is 5.11 Å². The Hall–Kier alpha value is -0.300. The van der Waals surface area contributed by atoms with Crippen molar-refractivity contribution in [3.63, 3.8) is 0 Å². The van der Waals surface area contributed by atoms with Gasteiger partial charge in [0.05, 0.1) is 11.9 Å². The molecule has 1 unspecified atom stereocenters. The molecule has 0 aromatic carbocycles. The van der Waals surface area contributed by atoms with Crippen LogP contribution in [0, 0.1) is 0 Å². The summed E-state index contributed by atoms with van der Waals surface area (Å²) in [5, 5.41) is 8.84. The van der Waals surface area contributed by atoms with Crippen LogP contribution >= 0.6 is 0 Å². The van der Waals surface area contributed by atoms with Gasteiger partial charge in [-0.3, -0.25) is 0 Å². The zero-order valence-electron chi connectivity index (χ0n) is 7.00. The van der Waals surface area contributed by atoms with Crippen LogP contribution in [0.4, 0.5) is 13.2 Å². The Kier molecular flexibility index (Phi) is 4.18. The first kappa shape index (κ1) is 12.7. The van der Waals surface area contributed by atoms with Gasteiger partial charge in [0.2, 0.25) is 0 Å². The van der Waals surface area contributed by atoms with Crippen molar-refractivity contribution in [3.8, 4) is 0 Å². The highest BCUT2D eigenvalue weighted by atomic mass is 32.2. The van der Waals surface area contributed by atoms with E-state index in [2.05, 4.69) is 0 Å². The zero-order chi connectivity index (χ0) is 10.7. The average molecular weight is 220 g/mol. The van der Waals surface area contributed by atoms with Crippen LogP contribution in [0.25, 0.3) is 0 Å². The molecule has 0 radical (unpaired) electrons. The maximum Gasteiger partial charge on any atom is 0.402 e. The van der Waals surface area contributed by atoms with Crippen molar-refractivity contribution in [2.24, 2.45) is 0 Å². The molecule has 0 fully saturated rings. The normalized spacial score (nSPS) is 15.8. The second kappa shape index (κ2) is 4.28. The van der Waals surface area contributed by atoms with E-state index in [0.717, 1.165) is 0 Å². The van der Waals surface area contributed by atoms with Gasteiger partial charge in [0.1, 0.15) is 5.75 Å². The van der Waals surface area contributed by atoms with Gasteiger partial charge >= 0.3 is 6.18 Å². The molecule has 7 heteroatoms. The van der Waals surface area contributed by atoms with Crippen molar-refractivity contribution in [3.05, 3.63) is 0 Å². The Labute approximate surface area is 74.5 Å². The highest BCUT2D eigenvalue weighted by molar-refractivity contribution is 7.91. The zero-order valence-corrected chi connectivity index (χ0v) is 7.82. The molecule has 0 aliphatic heterocycles. The Bertz CT molecular complexity index is 244. The van der Waals surface area contributed by atoms with Crippen molar-refractivity contribution in [2.75, 3.05) is 11.5 Å². The van der Waals surface area contributed by atoms with Crippen LogP contribution in [0.1, 0.15) is 13.3 Å². The minimum absolute atomic E-state index is 0.122. The van der Waals surface area contributed by atoms with Crippen LogP contribution in [-0.2, 0) is 9.84 Å². The van der Waals surface area contributed by atoms with Crippen molar-refractivity contribution >= 4 is 9.84 Å². The third-order valence-corrected chi connectivity index (χ3v) is 2.96. The molecule has 0 aromatic rings. The molecule has 0 spiro atoms. The van der Waals surface area contributed by atoms with Gasteiger partial charge in [-0.05, 0) is 6.42 Å². The van der Waals surface area contributed by atoms with Gasteiger partial charge in [0.15, 0.2) is 9.84 Å². The Morgan fingerprint density at radius 2 is 1.85 bits per heavy atom. The van der Waals surface area contributed by atoms with Crippen molar-refractivity contribution < 1.29 is 26.7 Å². The fourth-order valence-corrected chi connectivity index (χ4v) is 2.16. The first-order valence-corrected chi connectivity index (χ1v) is 5.43. The number of hydrogen-bond donors (Lipinski definition) is 1. The van der Waals surface area contributed by atoms with E-state index >= 15 is 0 Å². The van der Waals surface area contributed by atoms with Gasteiger partial charge in [0, 0.05) is 0 Å². The Morgan fingerprint density at radius 1 is 1.38 bits per heavy atom. The minimum atomic E-state index is -4.73. The maximum absolute atomic E-state index is 11.6. The second-order valence-electron chi connectivity index (χ2n) is 2.73. The molecule has 3 nitrogen and oxygen atoms in total. The lowest BCUT2D eigenvalue weighted by Crippen LogP contribution is -2.29. The van der Waals surface area contributed by atoms with Gasteiger partial charge in [-0.2, -0.15) is 13.2 Å². The van der Waals surface area contributed by atoms with Crippen LogP contribution in [0.2, 0.25) is 0 Å². The van der Waals surface area contributed by atoms with Crippen LogP contribution in [0.15, 0.2) is 0 Å². The molecular weight excluding hydrogens is 209 g/mol. The van der Waals surface area contributed by atoms with Gasteiger partial charge in [-0.1, -0.05) is 6.92 Å². The molecule has 80 valence electrons. The standard InChI is InChI=1S/C6H11F3O3S/c1-2-5(10)3-13(11,12)4-6(7,8)9/h5,10H,2-4H2,1H3. The molecule has 1 atom stereocenters. The number of aliphatic hydroxyl groups excluding tert-OH is 1. The van der Waals surface area contributed by atoms with Crippen LogP contribution < -0.4 is 0 Å². The van der Waals surface area contributed by atoms with E-state index in [1.54, 1.807) is 0 Å². The van der Waals surface area contributed by atoms with E-state index in [1.165, 1.54) is 6.92 Å². The average Bonchev–Trinajstić information content (AvgIpc) is 1.80. The molecule has 0 aromatic heterocycles. The quantitative estimate of drug-likeness (QED) is 0.760. The van der Waals surface area contributed by atoms with Crippen molar-refractivity contribution in [2.45, 2.75) is 25.6 Å². The van der Waals surface area contributed by atoms with Crippen molar-refractivity contribution in [1.82, 2.24) is 0 Å². The lowest BCUT2D eigenvalue weighted by Gasteiger charge is -2.10. The predicted octanol–water partition coefficient (Wildman–Crippen LogP) is 0.734. The Balaban J connectivity index is 4.27. The largest absolute Gasteiger partial charge is 0.402 e. The second-order valence-corrected chi connectivity index (χ2v) is 4.84. The molecule has 0 saturated heterocycles. The Morgan fingerprint density at radius 3 is 2.15 bits per heavy atom. The molecule has 1 N–H and O–H groups in total. The number of rotatable bonds is 4.